The Morgan fingerprint density at radius 2 is 1.05 bits per heavy atom. The molecule has 2 aliphatic carbocycles. The Morgan fingerprint density at radius 1 is 0.850 bits per heavy atom. The molecule has 0 spiro atoms. The predicted octanol–water partition coefficient (Wildman–Crippen LogP) is -6.32. The number of carbonyl (C=O) groups is 2. The van der Waals surface area contributed by atoms with Crippen molar-refractivity contribution in [1.82, 2.24) is 0 Å². The normalized spacial score (nSPS) is 22.6. The van der Waals surface area contributed by atoms with Crippen molar-refractivity contribution in [3.05, 3.63) is 0 Å². The van der Waals surface area contributed by atoms with Crippen LogP contribution in [-0.2, 0) is 9.59 Å². The van der Waals surface area contributed by atoms with Gasteiger partial charge in [0.15, 0.2) is 0 Å². The fourth-order valence-electron chi connectivity index (χ4n) is 1.62. The monoisotopic (exact) mass is 336 g/mol. The van der Waals surface area contributed by atoms with E-state index < -0.39 is 21.4 Å². The van der Waals surface area contributed by atoms with Crippen molar-refractivity contribution in [2.45, 2.75) is 49.0 Å². The van der Waals surface area contributed by atoms with Crippen molar-refractivity contribution >= 4 is 37.2 Å². The average Bonchev–Trinajstić information content (AvgIpc) is 3.08. The van der Waals surface area contributed by atoms with Crippen LogP contribution < -0.4 is 69.3 Å². The van der Waals surface area contributed by atoms with Gasteiger partial charge in [0.1, 0.15) is 0 Å². The minimum Gasteiger partial charge on any atom is -0.549 e. The van der Waals surface area contributed by atoms with Gasteiger partial charge in [0.25, 0.3) is 0 Å². The number of carbonyl (C=O) groups excluding carboxylic acids is 2. The topological polar surface area (TPSA) is 80.3 Å². The summed E-state index contributed by atoms with van der Waals surface area (Å²) in [5, 5.41) is 20.6. The molecule has 2 rings (SSSR count). The van der Waals surface area contributed by atoms with Crippen LogP contribution in [0.15, 0.2) is 0 Å². The number of carboxylic acids is 2. The summed E-state index contributed by atoms with van der Waals surface area (Å²) in [5.41, 5.74) is 0. The Balaban J connectivity index is 0. The van der Waals surface area contributed by atoms with E-state index in [1.807, 2.05) is 0 Å². The number of rotatable bonds is 4. The van der Waals surface area contributed by atoms with E-state index in [2.05, 4.69) is 25.3 Å². The third-order valence-corrected chi connectivity index (χ3v) is 4.67. The zero-order chi connectivity index (χ0) is 14.1. The Labute approximate surface area is 175 Å². The first-order valence-corrected chi connectivity index (χ1v) is 6.87. The molecule has 2 fully saturated rings. The maximum absolute atomic E-state index is 10.3. The molecular formula is C12H18Na2O4S2. The first-order chi connectivity index (χ1) is 8.10. The van der Waals surface area contributed by atoms with Crippen LogP contribution in [0.3, 0.4) is 0 Å². The minimum atomic E-state index is -1.05. The smallest absolute Gasteiger partial charge is 0.549 e. The molecule has 0 heterocycles. The predicted molar refractivity (Wildman–Crippen MR) is 70.2 cm³/mol. The van der Waals surface area contributed by atoms with Crippen molar-refractivity contribution in [1.29, 1.82) is 0 Å². The van der Waals surface area contributed by atoms with E-state index in [-0.39, 0.29) is 71.0 Å². The van der Waals surface area contributed by atoms with Gasteiger partial charge < -0.3 is 19.8 Å². The molecule has 8 heteroatoms. The maximum Gasteiger partial charge on any atom is 1.00 e. The molecule has 0 aromatic heterocycles. The number of thiol groups is 2. The molecule has 0 radical (unpaired) electrons. The third-order valence-electron chi connectivity index (χ3n) is 3.57. The number of hydrogen-bond acceptors (Lipinski definition) is 6. The van der Waals surface area contributed by atoms with Gasteiger partial charge in [-0.3, -0.25) is 0 Å². The van der Waals surface area contributed by atoms with Crippen LogP contribution in [0.4, 0.5) is 0 Å². The molecular weight excluding hydrogens is 318 g/mol. The van der Waals surface area contributed by atoms with Crippen molar-refractivity contribution < 1.29 is 78.9 Å². The summed E-state index contributed by atoms with van der Waals surface area (Å²) >= 11 is 7.95. The molecule has 0 aromatic carbocycles. The van der Waals surface area contributed by atoms with E-state index in [9.17, 15) is 19.8 Å². The van der Waals surface area contributed by atoms with Crippen LogP contribution in [0.2, 0.25) is 0 Å². The molecule has 2 aliphatic rings. The third kappa shape index (κ3) is 6.82. The van der Waals surface area contributed by atoms with Gasteiger partial charge in [-0.05, 0) is 51.4 Å². The Hall–Kier alpha value is 1.64. The number of hydrogen-bond donors (Lipinski definition) is 2. The van der Waals surface area contributed by atoms with Gasteiger partial charge in [0, 0.05) is 0 Å². The van der Waals surface area contributed by atoms with Gasteiger partial charge in [-0.2, -0.15) is 25.3 Å². The Morgan fingerprint density at radius 3 is 1.10 bits per heavy atom. The van der Waals surface area contributed by atoms with Crippen molar-refractivity contribution in [2.24, 2.45) is 11.8 Å². The van der Waals surface area contributed by atoms with Crippen LogP contribution >= 0.6 is 25.3 Å². The van der Waals surface area contributed by atoms with Crippen LogP contribution in [0.1, 0.15) is 39.5 Å². The molecule has 2 unspecified atom stereocenters. The van der Waals surface area contributed by atoms with E-state index in [0.717, 1.165) is 25.7 Å². The Bertz CT molecular complexity index is 319. The SMILES string of the molecule is CC(S)(C(=O)[O-])C1CC1.CC(S)(C(=O)[O-])C1CC1.[Na+].[Na+]. The van der Waals surface area contributed by atoms with Gasteiger partial charge in [0.05, 0.1) is 21.4 Å². The van der Waals surface area contributed by atoms with Crippen LogP contribution in [0, 0.1) is 11.8 Å². The van der Waals surface area contributed by atoms with E-state index in [0.29, 0.717) is 0 Å². The Kier molecular flexibility index (Phi) is 10.8. The molecule has 20 heavy (non-hydrogen) atoms. The zero-order valence-electron chi connectivity index (χ0n) is 12.5. The fraction of sp³-hybridized carbons (Fsp3) is 0.833. The number of aliphatic carboxylic acids is 2. The van der Waals surface area contributed by atoms with Crippen LogP contribution in [0.5, 0.6) is 0 Å². The largest absolute Gasteiger partial charge is 1.00 e. The second kappa shape index (κ2) is 9.06. The molecule has 0 saturated heterocycles. The molecule has 0 aliphatic heterocycles. The molecule has 0 N–H and O–H groups in total. The summed E-state index contributed by atoms with van der Waals surface area (Å²) in [5.74, 6) is -1.61. The zero-order valence-corrected chi connectivity index (χ0v) is 18.3. The summed E-state index contributed by atoms with van der Waals surface area (Å²) in [6.45, 7) is 3.20. The average molecular weight is 336 g/mol. The first kappa shape index (κ1) is 23.9. The quantitative estimate of drug-likeness (QED) is 0.395. The van der Waals surface area contributed by atoms with Crippen molar-refractivity contribution in [2.75, 3.05) is 0 Å². The van der Waals surface area contributed by atoms with Gasteiger partial charge in [-0.15, -0.1) is 0 Å². The fourth-order valence-corrected chi connectivity index (χ4v) is 2.14. The molecule has 2 saturated carbocycles. The van der Waals surface area contributed by atoms with E-state index >= 15 is 0 Å². The first-order valence-electron chi connectivity index (χ1n) is 5.97. The molecule has 0 amide bonds. The molecule has 0 aromatic rings. The van der Waals surface area contributed by atoms with Crippen molar-refractivity contribution in [3.8, 4) is 0 Å². The molecule has 104 valence electrons. The van der Waals surface area contributed by atoms with Gasteiger partial charge in [0.2, 0.25) is 0 Å². The summed E-state index contributed by atoms with van der Waals surface area (Å²) in [6, 6.07) is 0. The molecule has 4 nitrogen and oxygen atoms in total. The van der Waals surface area contributed by atoms with Gasteiger partial charge in [-0.1, -0.05) is 0 Å². The minimum absolute atomic E-state index is 0. The van der Waals surface area contributed by atoms with Crippen LogP contribution in [0.25, 0.3) is 0 Å². The summed E-state index contributed by atoms with van der Waals surface area (Å²) in [7, 11) is 0. The maximum atomic E-state index is 10.3. The summed E-state index contributed by atoms with van der Waals surface area (Å²) < 4.78 is -1.78. The number of carboxylic acid groups (broad SMARTS) is 2. The van der Waals surface area contributed by atoms with Gasteiger partial charge in [-0.25, -0.2) is 0 Å². The van der Waals surface area contributed by atoms with E-state index in [4.69, 9.17) is 0 Å². The van der Waals surface area contributed by atoms with E-state index in [1.165, 1.54) is 0 Å². The van der Waals surface area contributed by atoms with Crippen LogP contribution in [-0.4, -0.2) is 21.4 Å². The standard InChI is InChI=1S/2C6H10O2S.2Na/c2*1-6(9,5(7)8)4-2-3-4;;/h2*4,9H,2-3H2,1H3,(H,7,8);;/q;;2*+1/p-2. The summed E-state index contributed by atoms with van der Waals surface area (Å²) in [6.07, 6.45) is 3.92. The summed E-state index contributed by atoms with van der Waals surface area (Å²) in [4.78, 5) is 20.6. The second-order valence-electron chi connectivity index (χ2n) is 5.42. The van der Waals surface area contributed by atoms with Gasteiger partial charge >= 0.3 is 59.1 Å². The molecule has 0 bridgehead atoms. The molecule has 2 atom stereocenters. The van der Waals surface area contributed by atoms with Crippen molar-refractivity contribution in [3.63, 3.8) is 0 Å². The second-order valence-corrected chi connectivity index (χ2v) is 7.28. The van der Waals surface area contributed by atoms with E-state index in [1.54, 1.807) is 13.8 Å².